The molecule has 0 unspecified atom stereocenters. The second-order valence-corrected chi connectivity index (χ2v) is 4.34. The summed E-state index contributed by atoms with van der Waals surface area (Å²) >= 11 is 0. The number of nitrogens with one attached hydrogen (secondary N) is 1. The van der Waals surface area contributed by atoms with Crippen LogP contribution >= 0.6 is 0 Å². The van der Waals surface area contributed by atoms with Crippen molar-refractivity contribution < 1.29 is 0 Å². The van der Waals surface area contributed by atoms with Crippen LogP contribution in [0.5, 0.6) is 0 Å². The average Bonchev–Trinajstić information content (AvgIpc) is 2.68. The van der Waals surface area contributed by atoms with Gasteiger partial charge in [0.05, 0.1) is 5.69 Å². The lowest BCUT2D eigenvalue weighted by Crippen LogP contribution is -2.06. The Kier molecular flexibility index (Phi) is 3.47. The minimum absolute atomic E-state index is 0.926. The van der Waals surface area contributed by atoms with Gasteiger partial charge in [0, 0.05) is 18.4 Å². The van der Waals surface area contributed by atoms with Crippen LogP contribution in [0.3, 0.4) is 0 Å². The van der Waals surface area contributed by atoms with Crippen LogP contribution in [0.25, 0.3) is 5.69 Å². The topological polar surface area (TPSA) is 29.9 Å². The number of imidazole rings is 1. The molecule has 17 heavy (non-hydrogen) atoms. The minimum atomic E-state index is 0.926. The zero-order valence-corrected chi connectivity index (χ0v) is 10.7. The number of hydrogen-bond donors (Lipinski definition) is 1. The molecule has 2 rings (SSSR count). The molecular formula is C14H19N3. The first-order valence-corrected chi connectivity index (χ1v) is 6.07. The Hall–Kier alpha value is -1.77. The quantitative estimate of drug-likeness (QED) is 0.871. The Morgan fingerprint density at radius 3 is 2.82 bits per heavy atom. The molecule has 0 aliphatic rings. The van der Waals surface area contributed by atoms with E-state index < -0.39 is 0 Å². The number of hydrogen-bond acceptors (Lipinski definition) is 2. The van der Waals surface area contributed by atoms with Crippen LogP contribution in [0, 0.1) is 13.8 Å². The van der Waals surface area contributed by atoms with E-state index in [0.29, 0.717) is 0 Å². The number of benzene rings is 1. The van der Waals surface area contributed by atoms with Crippen molar-refractivity contribution in [2.75, 3.05) is 11.9 Å². The first-order chi connectivity index (χ1) is 8.20. The van der Waals surface area contributed by atoms with E-state index in [0.717, 1.165) is 30.3 Å². The number of nitrogens with zero attached hydrogens (tertiary/aromatic N) is 2. The van der Waals surface area contributed by atoms with Gasteiger partial charge in [-0.3, -0.25) is 4.57 Å². The SMILES string of the molecule is CCCNc1nc(C)cn1-c1cccc(C)c1. The Morgan fingerprint density at radius 1 is 1.29 bits per heavy atom. The first kappa shape index (κ1) is 11.7. The maximum atomic E-state index is 4.51. The van der Waals surface area contributed by atoms with E-state index in [-0.39, 0.29) is 0 Å². The van der Waals surface area contributed by atoms with Gasteiger partial charge in [-0.25, -0.2) is 4.98 Å². The molecule has 0 atom stereocenters. The molecule has 0 saturated heterocycles. The van der Waals surface area contributed by atoms with Crippen LogP contribution in [-0.2, 0) is 0 Å². The van der Waals surface area contributed by atoms with Gasteiger partial charge in [0.15, 0.2) is 0 Å². The summed E-state index contributed by atoms with van der Waals surface area (Å²) in [5.74, 6) is 0.926. The summed E-state index contributed by atoms with van der Waals surface area (Å²) in [5.41, 5.74) is 3.45. The second-order valence-electron chi connectivity index (χ2n) is 4.34. The zero-order chi connectivity index (χ0) is 12.3. The molecule has 0 fully saturated rings. The van der Waals surface area contributed by atoms with Gasteiger partial charge >= 0.3 is 0 Å². The molecule has 3 nitrogen and oxygen atoms in total. The van der Waals surface area contributed by atoms with Crippen LogP contribution in [0.4, 0.5) is 5.95 Å². The normalized spacial score (nSPS) is 10.5. The lowest BCUT2D eigenvalue weighted by Gasteiger charge is -2.09. The van der Waals surface area contributed by atoms with Crippen LogP contribution < -0.4 is 5.32 Å². The van der Waals surface area contributed by atoms with E-state index in [1.165, 1.54) is 5.56 Å². The third-order valence-electron chi connectivity index (χ3n) is 2.64. The van der Waals surface area contributed by atoms with E-state index in [1.807, 2.05) is 6.92 Å². The van der Waals surface area contributed by atoms with E-state index in [2.05, 4.69) is 59.2 Å². The fraction of sp³-hybridized carbons (Fsp3) is 0.357. The highest BCUT2D eigenvalue weighted by Crippen LogP contribution is 2.17. The maximum Gasteiger partial charge on any atom is 0.207 e. The van der Waals surface area contributed by atoms with Crippen molar-refractivity contribution >= 4 is 5.95 Å². The highest BCUT2D eigenvalue weighted by Gasteiger charge is 2.06. The van der Waals surface area contributed by atoms with Crippen LogP contribution in [0.2, 0.25) is 0 Å². The average molecular weight is 229 g/mol. The number of aryl methyl sites for hydroxylation is 2. The molecule has 0 saturated carbocycles. The molecule has 0 aliphatic heterocycles. The highest BCUT2D eigenvalue weighted by molar-refractivity contribution is 5.44. The minimum Gasteiger partial charge on any atom is -0.355 e. The van der Waals surface area contributed by atoms with Crippen molar-refractivity contribution in [2.24, 2.45) is 0 Å². The third kappa shape index (κ3) is 2.67. The molecule has 0 spiro atoms. The van der Waals surface area contributed by atoms with Crippen molar-refractivity contribution in [1.29, 1.82) is 0 Å². The highest BCUT2D eigenvalue weighted by atomic mass is 15.2. The van der Waals surface area contributed by atoms with Crippen LogP contribution in [-0.4, -0.2) is 16.1 Å². The predicted octanol–water partition coefficient (Wildman–Crippen LogP) is 3.31. The first-order valence-electron chi connectivity index (χ1n) is 6.07. The van der Waals surface area contributed by atoms with Gasteiger partial charge in [-0.15, -0.1) is 0 Å². The second kappa shape index (κ2) is 5.04. The molecule has 1 N–H and O–H groups in total. The molecule has 2 aromatic rings. The summed E-state index contributed by atoms with van der Waals surface area (Å²) in [6.07, 6.45) is 3.16. The summed E-state index contributed by atoms with van der Waals surface area (Å²) in [5, 5.41) is 3.35. The third-order valence-corrected chi connectivity index (χ3v) is 2.64. The van der Waals surface area contributed by atoms with Crippen molar-refractivity contribution in [3.8, 4) is 5.69 Å². The molecule has 90 valence electrons. The van der Waals surface area contributed by atoms with Crippen LogP contribution in [0.1, 0.15) is 24.6 Å². The Balaban J connectivity index is 2.37. The maximum absolute atomic E-state index is 4.51. The lowest BCUT2D eigenvalue weighted by molar-refractivity contribution is 0.936. The van der Waals surface area contributed by atoms with Crippen molar-refractivity contribution in [3.05, 3.63) is 41.7 Å². The Labute approximate surface area is 103 Å². The molecule has 3 heteroatoms. The summed E-state index contributed by atoms with van der Waals surface area (Å²) < 4.78 is 2.11. The van der Waals surface area contributed by atoms with E-state index >= 15 is 0 Å². The van der Waals surface area contributed by atoms with Gasteiger partial charge < -0.3 is 5.32 Å². The van der Waals surface area contributed by atoms with Gasteiger partial charge in [0.1, 0.15) is 0 Å². The van der Waals surface area contributed by atoms with Crippen molar-refractivity contribution in [3.63, 3.8) is 0 Å². The van der Waals surface area contributed by atoms with Gasteiger partial charge in [-0.05, 0) is 38.0 Å². The predicted molar refractivity (Wildman–Crippen MR) is 71.8 cm³/mol. The Morgan fingerprint density at radius 2 is 2.12 bits per heavy atom. The summed E-state index contributed by atoms with van der Waals surface area (Å²) in [6, 6.07) is 8.44. The number of rotatable bonds is 4. The van der Waals surface area contributed by atoms with Gasteiger partial charge in [0.25, 0.3) is 0 Å². The van der Waals surface area contributed by atoms with E-state index in [4.69, 9.17) is 0 Å². The summed E-state index contributed by atoms with van der Waals surface area (Å²) in [7, 11) is 0. The largest absolute Gasteiger partial charge is 0.355 e. The fourth-order valence-electron chi connectivity index (χ4n) is 1.83. The van der Waals surface area contributed by atoms with E-state index in [1.54, 1.807) is 0 Å². The molecule has 0 amide bonds. The molecular weight excluding hydrogens is 210 g/mol. The van der Waals surface area contributed by atoms with Gasteiger partial charge in [0.2, 0.25) is 5.95 Å². The molecule has 1 aromatic heterocycles. The molecule has 0 radical (unpaired) electrons. The number of aromatic nitrogens is 2. The number of anilines is 1. The molecule has 1 aromatic carbocycles. The Bertz CT molecular complexity index is 500. The smallest absolute Gasteiger partial charge is 0.207 e. The summed E-state index contributed by atoms with van der Waals surface area (Å²) in [6.45, 7) is 7.22. The molecule has 1 heterocycles. The van der Waals surface area contributed by atoms with Crippen molar-refractivity contribution in [2.45, 2.75) is 27.2 Å². The van der Waals surface area contributed by atoms with E-state index in [9.17, 15) is 0 Å². The fourth-order valence-corrected chi connectivity index (χ4v) is 1.83. The lowest BCUT2D eigenvalue weighted by atomic mass is 10.2. The van der Waals surface area contributed by atoms with Gasteiger partial charge in [-0.2, -0.15) is 0 Å². The molecule has 0 aliphatic carbocycles. The van der Waals surface area contributed by atoms with Crippen LogP contribution in [0.15, 0.2) is 30.5 Å². The standard InChI is InChI=1S/C14H19N3/c1-4-8-15-14-16-12(3)10-17(14)13-7-5-6-11(2)9-13/h5-7,9-10H,4,8H2,1-3H3,(H,15,16). The van der Waals surface area contributed by atoms with Gasteiger partial charge in [-0.1, -0.05) is 19.1 Å². The monoisotopic (exact) mass is 229 g/mol. The molecule has 0 bridgehead atoms. The summed E-state index contributed by atoms with van der Waals surface area (Å²) in [4.78, 5) is 4.51. The zero-order valence-electron chi connectivity index (χ0n) is 10.7. The van der Waals surface area contributed by atoms with Crippen molar-refractivity contribution in [1.82, 2.24) is 9.55 Å².